The second-order valence-corrected chi connectivity index (χ2v) is 5.26. The molecule has 92 valence electrons. The van der Waals surface area contributed by atoms with Crippen LogP contribution in [0.5, 0.6) is 0 Å². The third-order valence-electron chi connectivity index (χ3n) is 3.98. The van der Waals surface area contributed by atoms with E-state index >= 15 is 0 Å². The van der Waals surface area contributed by atoms with E-state index in [1.165, 1.54) is 55.2 Å². The summed E-state index contributed by atoms with van der Waals surface area (Å²) in [6.45, 7) is 6.52. The van der Waals surface area contributed by atoms with Gasteiger partial charge in [-0.05, 0) is 49.1 Å². The van der Waals surface area contributed by atoms with Crippen LogP contribution in [0.25, 0.3) is 0 Å². The molecule has 0 atom stereocenters. The van der Waals surface area contributed by atoms with Crippen molar-refractivity contribution in [3.8, 4) is 0 Å². The molecule has 0 saturated heterocycles. The van der Waals surface area contributed by atoms with Gasteiger partial charge in [-0.3, -0.25) is 4.99 Å². The van der Waals surface area contributed by atoms with Crippen LogP contribution in [0.15, 0.2) is 23.2 Å². The molecule has 17 heavy (non-hydrogen) atoms. The van der Waals surface area contributed by atoms with E-state index < -0.39 is 0 Å². The van der Waals surface area contributed by atoms with Crippen LogP contribution in [-0.4, -0.2) is 6.72 Å². The molecule has 0 bridgehead atoms. The fourth-order valence-electron chi connectivity index (χ4n) is 2.85. The fourth-order valence-corrected chi connectivity index (χ4v) is 2.85. The highest BCUT2D eigenvalue weighted by atomic mass is 14.7. The van der Waals surface area contributed by atoms with Crippen molar-refractivity contribution in [1.29, 1.82) is 0 Å². The van der Waals surface area contributed by atoms with Crippen LogP contribution in [0.1, 0.15) is 61.1 Å². The number of aliphatic imine (C=N–C) groups is 1. The third-order valence-corrected chi connectivity index (χ3v) is 3.98. The second-order valence-electron chi connectivity index (χ2n) is 5.26. The molecule has 1 aliphatic rings. The van der Waals surface area contributed by atoms with Gasteiger partial charge in [0.15, 0.2) is 0 Å². The molecule has 0 amide bonds. The Labute approximate surface area is 105 Å². The maximum Gasteiger partial charge on any atom is 0.0635 e. The molecule has 0 spiro atoms. The van der Waals surface area contributed by atoms with Crippen molar-refractivity contribution < 1.29 is 0 Å². The molecular formula is C16H23N. The summed E-state index contributed by atoms with van der Waals surface area (Å²) in [6, 6.07) is 6.93. The Bertz CT molecular complexity index is 373. The van der Waals surface area contributed by atoms with E-state index in [1.54, 1.807) is 0 Å². The summed E-state index contributed by atoms with van der Waals surface area (Å²) in [5.41, 5.74) is 4.22. The average Bonchev–Trinajstić information content (AvgIpc) is 2.61. The summed E-state index contributed by atoms with van der Waals surface area (Å²) in [4.78, 5) is 4.02. The van der Waals surface area contributed by atoms with Crippen molar-refractivity contribution in [3.05, 3.63) is 34.9 Å². The van der Waals surface area contributed by atoms with Crippen molar-refractivity contribution in [2.45, 2.75) is 57.9 Å². The van der Waals surface area contributed by atoms with E-state index in [0.29, 0.717) is 0 Å². The van der Waals surface area contributed by atoms with E-state index in [2.05, 4.69) is 36.8 Å². The van der Waals surface area contributed by atoms with E-state index in [1.807, 2.05) is 0 Å². The molecule has 1 aromatic carbocycles. The number of hydrogen-bond acceptors (Lipinski definition) is 1. The first-order chi connectivity index (χ1) is 8.31. The molecule has 1 nitrogen and oxygen atoms in total. The Morgan fingerprint density at radius 1 is 1.18 bits per heavy atom. The van der Waals surface area contributed by atoms with E-state index in [9.17, 15) is 0 Å². The predicted octanol–water partition coefficient (Wildman–Crippen LogP) is 4.63. The lowest BCUT2D eigenvalue weighted by atomic mass is 9.89. The normalized spacial score (nSPS) is 17.7. The zero-order chi connectivity index (χ0) is 12.1. The van der Waals surface area contributed by atoms with Crippen molar-refractivity contribution in [3.63, 3.8) is 0 Å². The van der Waals surface area contributed by atoms with Gasteiger partial charge in [0, 0.05) is 0 Å². The summed E-state index contributed by atoms with van der Waals surface area (Å²) in [5.74, 6) is 0.779. The van der Waals surface area contributed by atoms with Gasteiger partial charge in [0.05, 0.1) is 6.54 Å². The van der Waals surface area contributed by atoms with Crippen LogP contribution in [0.3, 0.4) is 0 Å². The van der Waals surface area contributed by atoms with E-state index in [-0.39, 0.29) is 0 Å². The van der Waals surface area contributed by atoms with Crippen molar-refractivity contribution in [2.75, 3.05) is 0 Å². The summed E-state index contributed by atoms with van der Waals surface area (Å²) in [5, 5.41) is 0. The maximum absolute atomic E-state index is 4.02. The monoisotopic (exact) mass is 229 g/mol. The van der Waals surface area contributed by atoms with Gasteiger partial charge in [0.2, 0.25) is 0 Å². The highest BCUT2D eigenvalue weighted by Gasteiger charge is 2.14. The number of nitrogens with zero attached hydrogens (tertiary/aromatic N) is 1. The molecule has 2 rings (SSSR count). The maximum atomic E-state index is 4.02. The van der Waals surface area contributed by atoms with Gasteiger partial charge in [-0.1, -0.05) is 43.9 Å². The van der Waals surface area contributed by atoms with Gasteiger partial charge in [-0.2, -0.15) is 0 Å². The van der Waals surface area contributed by atoms with Gasteiger partial charge < -0.3 is 0 Å². The minimum Gasteiger partial charge on any atom is -0.296 e. The van der Waals surface area contributed by atoms with Crippen molar-refractivity contribution >= 4 is 6.72 Å². The summed E-state index contributed by atoms with van der Waals surface area (Å²) < 4.78 is 0. The Morgan fingerprint density at radius 2 is 1.88 bits per heavy atom. The average molecular weight is 229 g/mol. The highest BCUT2D eigenvalue weighted by molar-refractivity contribution is 5.34. The van der Waals surface area contributed by atoms with Crippen molar-refractivity contribution in [2.24, 2.45) is 4.99 Å². The zero-order valence-electron chi connectivity index (χ0n) is 10.9. The molecule has 0 radical (unpaired) electrons. The Balaban J connectivity index is 2.18. The molecule has 0 aliphatic heterocycles. The van der Waals surface area contributed by atoms with E-state index in [0.717, 1.165) is 12.5 Å². The topological polar surface area (TPSA) is 12.4 Å². The Morgan fingerprint density at radius 3 is 2.53 bits per heavy atom. The largest absolute Gasteiger partial charge is 0.296 e. The molecule has 1 fully saturated rings. The lowest BCUT2D eigenvalue weighted by Gasteiger charge is -2.16. The van der Waals surface area contributed by atoms with Crippen LogP contribution < -0.4 is 0 Å². The summed E-state index contributed by atoms with van der Waals surface area (Å²) in [6.07, 6.45) is 8.36. The molecule has 1 aromatic rings. The molecular weight excluding hydrogens is 206 g/mol. The Kier molecular flexibility index (Phi) is 4.36. The van der Waals surface area contributed by atoms with Gasteiger partial charge in [-0.15, -0.1) is 0 Å². The van der Waals surface area contributed by atoms with E-state index in [4.69, 9.17) is 0 Å². The Hall–Kier alpha value is -1.11. The van der Waals surface area contributed by atoms with Crippen LogP contribution in [0, 0.1) is 6.92 Å². The SMILES string of the molecule is C=NCc1cc(C2CCCCCC2)ccc1C. The molecule has 0 heterocycles. The highest BCUT2D eigenvalue weighted by Crippen LogP contribution is 2.32. The number of rotatable bonds is 3. The first-order valence-electron chi connectivity index (χ1n) is 6.83. The lowest BCUT2D eigenvalue weighted by Crippen LogP contribution is -1.99. The van der Waals surface area contributed by atoms with Crippen LogP contribution in [0.4, 0.5) is 0 Å². The van der Waals surface area contributed by atoms with Crippen LogP contribution in [0.2, 0.25) is 0 Å². The van der Waals surface area contributed by atoms with Gasteiger partial charge in [-0.25, -0.2) is 0 Å². The zero-order valence-corrected chi connectivity index (χ0v) is 10.9. The first-order valence-corrected chi connectivity index (χ1v) is 6.83. The van der Waals surface area contributed by atoms with Gasteiger partial charge >= 0.3 is 0 Å². The molecule has 1 heteroatoms. The molecule has 0 aromatic heterocycles. The number of hydrogen-bond donors (Lipinski definition) is 0. The summed E-state index contributed by atoms with van der Waals surface area (Å²) >= 11 is 0. The van der Waals surface area contributed by atoms with Crippen LogP contribution >= 0.6 is 0 Å². The first kappa shape index (κ1) is 12.3. The minimum absolute atomic E-state index is 0.756. The molecule has 1 saturated carbocycles. The van der Waals surface area contributed by atoms with Gasteiger partial charge in [0.25, 0.3) is 0 Å². The quantitative estimate of drug-likeness (QED) is 0.529. The second kappa shape index (κ2) is 6.00. The van der Waals surface area contributed by atoms with Crippen molar-refractivity contribution in [1.82, 2.24) is 0 Å². The number of benzene rings is 1. The lowest BCUT2D eigenvalue weighted by molar-refractivity contribution is 0.592. The fraction of sp³-hybridized carbons (Fsp3) is 0.562. The molecule has 0 N–H and O–H groups in total. The smallest absolute Gasteiger partial charge is 0.0635 e. The van der Waals surface area contributed by atoms with Gasteiger partial charge in [0.1, 0.15) is 0 Å². The standard InChI is InChI=1S/C16H23N/c1-13-9-10-15(11-16(13)12-17-2)14-7-5-3-4-6-8-14/h9-11,14H,2-8,12H2,1H3. The summed E-state index contributed by atoms with van der Waals surface area (Å²) in [7, 11) is 0. The number of aryl methyl sites for hydroxylation is 1. The molecule has 0 unspecified atom stereocenters. The minimum atomic E-state index is 0.756. The molecule has 1 aliphatic carbocycles. The van der Waals surface area contributed by atoms with Crippen LogP contribution in [-0.2, 0) is 6.54 Å². The third kappa shape index (κ3) is 3.18. The predicted molar refractivity (Wildman–Crippen MR) is 74.9 cm³/mol.